The van der Waals surface area contributed by atoms with Gasteiger partial charge < -0.3 is 5.11 Å². The van der Waals surface area contributed by atoms with Crippen LogP contribution < -0.4 is 4.72 Å². The average molecular weight is 299 g/mol. The third kappa shape index (κ3) is 3.14. The number of nitrogens with one attached hydrogen (secondary N) is 1. The molecular formula is C12H14FN3O3S. The summed E-state index contributed by atoms with van der Waals surface area (Å²) in [7, 11) is -4.00. The van der Waals surface area contributed by atoms with Crippen LogP contribution >= 0.6 is 0 Å². The predicted molar refractivity (Wildman–Crippen MR) is 71.3 cm³/mol. The first-order valence-electron chi connectivity index (χ1n) is 5.84. The highest BCUT2D eigenvalue weighted by atomic mass is 32.2. The highest BCUT2D eigenvalue weighted by Crippen LogP contribution is 2.19. The summed E-state index contributed by atoms with van der Waals surface area (Å²) in [4.78, 5) is -0.419. The summed E-state index contributed by atoms with van der Waals surface area (Å²) in [5.41, 5.74) is 0.843. The van der Waals surface area contributed by atoms with Gasteiger partial charge in [-0.1, -0.05) is 6.07 Å². The van der Waals surface area contributed by atoms with Crippen LogP contribution in [0, 0.1) is 12.7 Å². The standard InChI is InChI=1S/C12H14FN3O3S/c1-9-2-3-12(11(13)6-9)20(18,19)15-10-7-14-16(8-10)4-5-17/h2-3,6-8,15,17H,4-5H2,1H3. The van der Waals surface area contributed by atoms with E-state index in [4.69, 9.17) is 5.11 Å². The Morgan fingerprint density at radius 2 is 2.20 bits per heavy atom. The Hall–Kier alpha value is -1.93. The van der Waals surface area contributed by atoms with E-state index in [2.05, 4.69) is 9.82 Å². The van der Waals surface area contributed by atoms with Crippen molar-refractivity contribution in [3.8, 4) is 0 Å². The minimum atomic E-state index is -4.00. The molecule has 0 spiro atoms. The van der Waals surface area contributed by atoms with Gasteiger partial charge in [0, 0.05) is 6.20 Å². The average Bonchev–Trinajstić information content (AvgIpc) is 2.75. The second-order valence-corrected chi connectivity index (χ2v) is 5.91. The fourth-order valence-electron chi connectivity index (χ4n) is 1.67. The largest absolute Gasteiger partial charge is 0.394 e. The normalized spacial score (nSPS) is 11.6. The van der Waals surface area contributed by atoms with Gasteiger partial charge in [-0.2, -0.15) is 5.10 Å². The van der Waals surface area contributed by atoms with Crippen molar-refractivity contribution in [3.05, 3.63) is 42.0 Å². The summed E-state index contributed by atoms with van der Waals surface area (Å²) < 4.78 is 41.4. The van der Waals surface area contributed by atoms with Gasteiger partial charge in [0.15, 0.2) is 0 Å². The molecule has 2 rings (SSSR count). The topological polar surface area (TPSA) is 84.2 Å². The van der Waals surface area contributed by atoms with Crippen molar-refractivity contribution in [3.63, 3.8) is 0 Å². The van der Waals surface area contributed by atoms with Gasteiger partial charge >= 0.3 is 0 Å². The molecule has 8 heteroatoms. The molecule has 2 N–H and O–H groups in total. The third-order valence-electron chi connectivity index (χ3n) is 2.59. The first-order valence-corrected chi connectivity index (χ1v) is 7.33. The van der Waals surface area contributed by atoms with E-state index in [1.807, 2.05) is 0 Å². The SMILES string of the molecule is Cc1ccc(S(=O)(=O)Nc2cnn(CCO)c2)c(F)c1. The van der Waals surface area contributed by atoms with Crippen molar-refractivity contribution in [2.75, 3.05) is 11.3 Å². The molecule has 0 fully saturated rings. The van der Waals surface area contributed by atoms with E-state index in [9.17, 15) is 12.8 Å². The second-order valence-electron chi connectivity index (χ2n) is 4.26. The van der Waals surface area contributed by atoms with Gasteiger partial charge in [0.2, 0.25) is 0 Å². The zero-order valence-corrected chi connectivity index (χ0v) is 11.6. The second kappa shape index (κ2) is 5.59. The molecule has 0 radical (unpaired) electrons. The maximum absolute atomic E-state index is 13.7. The van der Waals surface area contributed by atoms with E-state index in [0.29, 0.717) is 5.56 Å². The molecular weight excluding hydrogens is 285 g/mol. The first kappa shape index (κ1) is 14.5. The number of benzene rings is 1. The van der Waals surface area contributed by atoms with E-state index in [1.54, 1.807) is 6.92 Å². The van der Waals surface area contributed by atoms with Crippen LogP contribution in [0.4, 0.5) is 10.1 Å². The van der Waals surface area contributed by atoms with Crippen LogP contribution in [-0.2, 0) is 16.6 Å². The highest BCUT2D eigenvalue weighted by molar-refractivity contribution is 7.92. The molecule has 0 unspecified atom stereocenters. The molecule has 0 bridgehead atoms. The fraction of sp³-hybridized carbons (Fsp3) is 0.250. The third-order valence-corrected chi connectivity index (χ3v) is 4.01. The van der Waals surface area contributed by atoms with Gasteiger partial charge in [0.1, 0.15) is 10.7 Å². The molecule has 0 atom stereocenters. The Morgan fingerprint density at radius 1 is 1.45 bits per heavy atom. The van der Waals surface area contributed by atoms with Crippen molar-refractivity contribution >= 4 is 15.7 Å². The number of aliphatic hydroxyl groups is 1. The number of aryl methyl sites for hydroxylation is 1. The van der Waals surface area contributed by atoms with Crippen molar-refractivity contribution < 1.29 is 17.9 Å². The summed E-state index contributed by atoms with van der Waals surface area (Å²) in [5.74, 6) is -0.805. The zero-order chi connectivity index (χ0) is 14.8. The highest BCUT2D eigenvalue weighted by Gasteiger charge is 2.19. The molecule has 1 aromatic carbocycles. The molecule has 1 aromatic heterocycles. The molecule has 0 aliphatic carbocycles. The number of rotatable bonds is 5. The predicted octanol–water partition coefficient (Wildman–Crippen LogP) is 1.12. The van der Waals surface area contributed by atoms with Gasteiger partial charge in [-0.15, -0.1) is 0 Å². The maximum Gasteiger partial charge on any atom is 0.264 e. The molecule has 0 aliphatic heterocycles. The smallest absolute Gasteiger partial charge is 0.264 e. The quantitative estimate of drug-likeness (QED) is 0.866. The zero-order valence-electron chi connectivity index (χ0n) is 10.7. The van der Waals surface area contributed by atoms with Gasteiger partial charge in [0.25, 0.3) is 10.0 Å². The molecule has 20 heavy (non-hydrogen) atoms. The lowest BCUT2D eigenvalue weighted by molar-refractivity contribution is 0.269. The van der Waals surface area contributed by atoms with Gasteiger partial charge in [-0.05, 0) is 24.6 Å². The molecule has 1 heterocycles. The van der Waals surface area contributed by atoms with Gasteiger partial charge in [-0.25, -0.2) is 12.8 Å². The summed E-state index contributed by atoms with van der Waals surface area (Å²) in [6.07, 6.45) is 2.71. The molecule has 2 aromatic rings. The number of halogens is 1. The minimum absolute atomic E-state index is 0.111. The Balaban J connectivity index is 2.26. The number of sulfonamides is 1. The summed E-state index contributed by atoms with van der Waals surface area (Å²) >= 11 is 0. The van der Waals surface area contributed by atoms with E-state index in [1.165, 1.54) is 29.2 Å². The summed E-state index contributed by atoms with van der Waals surface area (Å²) in [6.45, 7) is 1.81. The number of aliphatic hydroxyl groups excluding tert-OH is 1. The van der Waals surface area contributed by atoms with Crippen LogP contribution in [-0.4, -0.2) is 29.9 Å². The van der Waals surface area contributed by atoms with E-state index < -0.39 is 20.7 Å². The summed E-state index contributed by atoms with van der Waals surface area (Å²) in [6, 6.07) is 3.89. The molecule has 6 nitrogen and oxygen atoms in total. The number of hydrogen-bond acceptors (Lipinski definition) is 4. The minimum Gasteiger partial charge on any atom is -0.394 e. The van der Waals surface area contributed by atoms with Crippen LogP contribution in [0.1, 0.15) is 5.56 Å². The van der Waals surface area contributed by atoms with Gasteiger partial charge in [0.05, 0.1) is 25.0 Å². The molecule has 0 saturated carbocycles. The maximum atomic E-state index is 13.7. The molecule has 0 aliphatic rings. The Bertz CT molecular complexity index is 712. The molecule has 108 valence electrons. The molecule has 0 saturated heterocycles. The lowest BCUT2D eigenvalue weighted by Crippen LogP contribution is -2.14. The lowest BCUT2D eigenvalue weighted by atomic mass is 10.2. The Kier molecular flexibility index (Phi) is 4.05. The van der Waals surface area contributed by atoms with E-state index in [0.717, 1.165) is 6.07 Å². The van der Waals surface area contributed by atoms with Gasteiger partial charge in [-0.3, -0.25) is 9.40 Å². The van der Waals surface area contributed by atoms with Crippen molar-refractivity contribution in [2.45, 2.75) is 18.4 Å². The summed E-state index contributed by atoms with van der Waals surface area (Å²) in [5, 5.41) is 12.6. The van der Waals surface area contributed by atoms with Crippen LogP contribution in [0.5, 0.6) is 0 Å². The lowest BCUT2D eigenvalue weighted by Gasteiger charge is -2.07. The fourth-order valence-corrected chi connectivity index (χ4v) is 2.76. The van der Waals surface area contributed by atoms with E-state index >= 15 is 0 Å². The van der Waals surface area contributed by atoms with Crippen molar-refractivity contribution in [1.82, 2.24) is 9.78 Å². The van der Waals surface area contributed by atoms with Crippen LogP contribution in [0.15, 0.2) is 35.5 Å². The van der Waals surface area contributed by atoms with Crippen LogP contribution in [0.3, 0.4) is 0 Å². The number of anilines is 1. The van der Waals surface area contributed by atoms with Crippen molar-refractivity contribution in [2.24, 2.45) is 0 Å². The van der Waals surface area contributed by atoms with E-state index in [-0.39, 0.29) is 18.8 Å². The van der Waals surface area contributed by atoms with Crippen molar-refractivity contribution in [1.29, 1.82) is 0 Å². The number of hydrogen-bond donors (Lipinski definition) is 2. The Morgan fingerprint density at radius 3 is 2.85 bits per heavy atom. The number of nitrogens with zero attached hydrogens (tertiary/aromatic N) is 2. The molecule has 0 amide bonds. The monoisotopic (exact) mass is 299 g/mol. The first-order chi connectivity index (χ1) is 9.42. The Labute approximate surface area is 115 Å². The van der Waals surface area contributed by atoms with Crippen LogP contribution in [0.2, 0.25) is 0 Å². The number of aromatic nitrogens is 2. The van der Waals surface area contributed by atoms with Crippen LogP contribution in [0.25, 0.3) is 0 Å².